The lowest BCUT2D eigenvalue weighted by Crippen LogP contribution is -2.40. The maximum absolute atomic E-state index is 5.10. The third kappa shape index (κ3) is 15.3. The topological polar surface area (TPSA) is 31.0 Å². The molecule has 24 heavy (non-hydrogen) atoms. The van der Waals surface area contributed by atoms with E-state index >= 15 is 0 Å². The van der Waals surface area contributed by atoms with Crippen LogP contribution in [0.5, 0.6) is 0 Å². The number of rotatable bonds is 0. The van der Waals surface area contributed by atoms with E-state index in [0.717, 1.165) is 39.4 Å². The first-order valence-corrected chi connectivity index (χ1v) is 10.0. The molecule has 0 spiro atoms. The molecule has 0 radical (unpaired) electrons. The Kier molecular flexibility index (Phi) is 17.5. The maximum Gasteiger partial charge on any atom is 0.0594 e. The van der Waals surface area contributed by atoms with E-state index < -0.39 is 0 Å². The lowest BCUT2D eigenvalue weighted by atomic mass is 10.2. The number of piperazine rings is 1. The molecule has 3 heterocycles. The van der Waals surface area contributed by atoms with E-state index in [0.29, 0.717) is 0 Å². The van der Waals surface area contributed by atoms with E-state index in [9.17, 15) is 0 Å². The average Bonchev–Trinajstić information content (AvgIpc) is 2.87. The fraction of sp³-hybridized carbons (Fsp3) is 1.00. The van der Waals surface area contributed by atoms with Crippen LogP contribution in [0.4, 0.5) is 0 Å². The number of morpholine rings is 1. The van der Waals surface area contributed by atoms with Crippen LogP contribution in [0.3, 0.4) is 0 Å². The lowest BCUT2D eigenvalue weighted by Gasteiger charge is -2.21. The summed E-state index contributed by atoms with van der Waals surface area (Å²) in [4.78, 5) is 7.02. The molecule has 0 amide bonds. The normalized spacial score (nSPS) is 23.4. The van der Waals surface area contributed by atoms with Crippen LogP contribution in [-0.2, 0) is 4.74 Å². The average molecular weight is 345 g/mol. The highest BCUT2D eigenvalue weighted by Crippen LogP contribution is 2.06. The summed E-state index contributed by atoms with van der Waals surface area (Å²) >= 11 is 0. The van der Waals surface area contributed by atoms with E-state index in [4.69, 9.17) is 4.74 Å². The number of ether oxygens (including phenoxy) is 1. The number of nitrogens with zero attached hydrogens (tertiary/aromatic N) is 3. The molecule has 0 aliphatic carbocycles. The van der Waals surface area contributed by atoms with Crippen LogP contribution < -0.4 is 5.32 Å². The second kappa shape index (κ2) is 17.6. The number of hydrogen-bond donors (Lipinski definition) is 1. The van der Waals surface area contributed by atoms with E-state index in [-0.39, 0.29) is 0 Å². The van der Waals surface area contributed by atoms with Crippen molar-refractivity contribution in [2.24, 2.45) is 0 Å². The molecule has 3 saturated heterocycles. The van der Waals surface area contributed by atoms with Gasteiger partial charge in [0, 0.05) is 39.3 Å². The zero-order valence-corrected chi connectivity index (χ0v) is 17.1. The molecule has 0 aromatic rings. The molecule has 3 aliphatic heterocycles. The van der Waals surface area contributed by atoms with Gasteiger partial charge in [-0.3, -0.25) is 0 Å². The van der Waals surface area contributed by atoms with Gasteiger partial charge in [0.15, 0.2) is 0 Å². The Morgan fingerprint density at radius 1 is 0.583 bits per heavy atom. The van der Waals surface area contributed by atoms with Gasteiger partial charge in [-0.25, -0.2) is 0 Å². The van der Waals surface area contributed by atoms with Gasteiger partial charge in [-0.15, -0.1) is 0 Å². The highest BCUT2D eigenvalue weighted by Gasteiger charge is 2.03. The van der Waals surface area contributed by atoms with E-state index in [2.05, 4.69) is 41.2 Å². The Hall–Kier alpha value is -0.200. The molecular weight excluding hydrogens is 300 g/mol. The van der Waals surface area contributed by atoms with E-state index in [1.54, 1.807) is 0 Å². The van der Waals surface area contributed by atoms with Gasteiger partial charge < -0.3 is 24.8 Å². The number of hydrogen-bond acceptors (Lipinski definition) is 5. The van der Waals surface area contributed by atoms with Crippen LogP contribution >= 0.6 is 0 Å². The van der Waals surface area contributed by atoms with Crippen molar-refractivity contribution in [1.29, 1.82) is 0 Å². The number of likely N-dealkylation sites (tertiary alicyclic amines) is 1. The standard InChI is InChI=1S/C7H15N.C5H12N2.C5H11NO.C2H6/c1-8-6-4-2-3-5-7-8;1-7-4-2-6-3-5-7;1-6-2-4-7-5-3-6;1-2/h2-7H2,1H3;6H,2-5H2,1H3;2-5H2,1H3;1-2H3. The third-order valence-electron chi connectivity index (χ3n) is 4.40. The molecule has 146 valence electrons. The molecule has 0 bridgehead atoms. The number of nitrogens with one attached hydrogen (secondary N) is 1. The maximum atomic E-state index is 5.10. The van der Waals surface area contributed by atoms with E-state index in [1.165, 1.54) is 51.9 Å². The number of likely N-dealkylation sites (N-methyl/N-ethyl adjacent to an activating group) is 2. The molecule has 1 N–H and O–H groups in total. The Labute approximate surface area is 151 Å². The van der Waals surface area contributed by atoms with Crippen LogP contribution in [0.15, 0.2) is 0 Å². The molecule has 5 heteroatoms. The molecule has 3 rings (SSSR count). The summed E-state index contributed by atoms with van der Waals surface area (Å²) in [6, 6.07) is 0. The second-order valence-electron chi connectivity index (χ2n) is 6.69. The molecule has 3 fully saturated rings. The van der Waals surface area contributed by atoms with Gasteiger partial charge in [0.25, 0.3) is 0 Å². The Morgan fingerprint density at radius 3 is 1.33 bits per heavy atom. The minimum absolute atomic E-state index is 0.913. The van der Waals surface area contributed by atoms with Crippen molar-refractivity contribution in [3.63, 3.8) is 0 Å². The zero-order chi connectivity index (χ0) is 18.0. The molecule has 0 aromatic heterocycles. The van der Waals surface area contributed by atoms with Gasteiger partial charge in [0.1, 0.15) is 0 Å². The third-order valence-corrected chi connectivity index (χ3v) is 4.40. The lowest BCUT2D eigenvalue weighted by molar-refractivity contribution is 0.0503. The predicted molar refractivity (Wildman–Crippen MR) is 106 cm³/mol. The van der Waals surface area contributed by atoms with Crippen molar-refractivity contribution in [2.45, 2.75) is 39.5 Å². The zero-order valence-electron chi connectivity index (χ0n) is 17.1. The van der Waals surface area contributed by atoms with Gasteiger partial charge >= 0.3 is 0 Å². The quantitative estimate of drug-likeness (QED) is 0.726. The van der Waals surface area contributed by atoms with Gasteiger partial charge in [-0.2, -0.15) is 0 Å². The summed E-state index contributed by atoms with van der Waals surface area (Å²) in [5.74, 6) is 0. The highest BCUT2D eigenvalue weighted by atomic mass is 16.5. The van der Waals surface area contributed by atoms with Gasteiger partial charge in [-0.1, -0.05) is 26.7 Å². The summed E-state index contributed by atoms with van der Waals surface area (Å²) in [5.41, 5.74) is 0. The molecular formula is C19H44N4O. The SMILES string of the molecule is CC.CN1CCCCCC1.CN1CCNCC1.CN1CCOCC1. The van der Waals surface area contributed by atoms with Crippen molar-refractivity contribution < 1.29 is 4.74 Å². The fourth-order valence-corrected chi connectivity index (χ4v) is 2.66. The predicted octanol–water partition coefficient (Wildman–Crippen LogP) is 1.99. The van der Waals surface area contributed by atoms with Crippen LogP contribution in [0.2, 0.25) is 0 Å². The summed E-state index contributed by atoms with van der Waals surface area (Å²) in [7, 11) is 6.48. The van der Waals surface area contributed by atoms with Crippen molar-refractivity contribution in [3.05, 3.63) is 0 Å². The first-order valence-electron chi connectivity index (χ1n) is 10.0. The molecule has 0 saturated carbocycles. The Balaban J connectivity index is 0.000000315. The van der Waals surface area contributed by atoms with Crippen LogP contribution in [0, 0.1) is 0 Å². The molecule has 3 aliphatic rings. The monoisotopic (exact) mass is 344 g/mol. The van der Waals surface area contributed by atoms with Gasteiger partial charge in [0.2, 0.25) is 0 Å². The van der Waals surface area contributed by atoms with E-state index in [1.807, 2.05) is 13.8 Å². The van der Waals surface area contributed by atoms with Crippen molar-refractivity contribution >= 4 is 0 Å². The summed E-state index contributed by atoms with van der Waals surface area (Å²) in [5, 5.41) is 3.27. The van der Waals surface area contributed by atoms with Gasteiger partial charge in [-0.05, 0) is 47.1 Å². The van der Waals surface area contributed by atoms with Crippen molar-refractivity contribution in [1.82, 2.24) is 20.0 Å². The first kappa shape index (κ1) is 23.8. The molecule has 5 nitrogen and oxygen atoms in total. The molecule has 0 atom stereocenters. The van der Waals surface area contributed by atoms with Crippen LogP contribution in [0.1, 0.15) is 39.5 Å². The van der Waals surface area contributed by atoms with Crippen LogP contribution in [-0.4, -0.2) is 101 Å². The highest BCUT2D eigenvalue weighted by molar-refractivity contribution is 4.62. The minimum Gasteiger partial charge on any atom is -0.379 e. The molecule has 0 unspecified atom stereocenters. The van der Waals surface area contributed by atoms with Crippen LogP contribution in [0.25, 0.3) is 0 Å². The summed E-state index contributed by atoms with van der Waals surface area (Å²) in [6.45, 7) is 15.4. The summed E-state index contributed by atoms with van der Waals surface area (Å²) in [6.07, 6.45) is 5.72. The van der Waals surface area contributed by atoms with Crippen molar-refractivity contribution in [2.75, 3.05) is 86.7 Å². The summed E-state index contributed by atoms with van der Waals surface area (Å²) < 4.78 is 5.10. The molecule has 0 aromatic carbocycles. The van der Waals surface area contributed by atoms with Gasteiger partial charge in [0.05, 0.1) is 13.2 Å². The Morgan fingerprint density at radius 2 is 1.00 bits per heavy atom. The fourth-order valence-electron chi connectivity index (χ4n) is 2.66. The Bertz CT molecular complexity index is 218. The second-order valence-corrected chi connectivity index (χ2v) is 6.69. The van der Waals surface area contributed by atoms with Crippen molar-refractivity contribution in [3.8, 4) is 0 Å². The minimum atomic E-state index is 0.913. The first-order chi connectivity index (χ1) is 11.7. The largest absolute Gasteiger partial charge is 0.379 e. The smallest absolute Gasteiger partial charge is 0.0594 e.